The van der Waals surface area contributed by atoms with Crippen molar-refractivity contribution in [1.82, 2.24) is 0 Å². The maximum Gasteiger partial charge on any atom is 0.119 e. The Kier molecular flexibility index (Phi) is 1.93. The lowest BCUT2D eigenvalue weighted by Crippen LogP contribution is -1.96. The Balaban J connectivity index is 2.35. The zero-order chi connectivity index (χ0) is 9.26. The molecule has 0 heterocycles. The normalized spacial score (nSPS) is 17.5. The Hall–Kier alpha value is -1.51. The van der Waals surface area contributed by atoms with Crippen molar-refractivity contribution in [1.29, 1.82) is 0 Å². The van der Waals surface area contributed by atoms with Crippen LogP contribution in [0.25, 0.3) is 0 Å². The average molecular weight is 177 g/mol. The molecule has 0 saturated carbocycles. The van der Waals surface area contributed by atoms with Crippen LogP contribution in [-0.4, -0.2) is 17.9 Å². The van der Waals surface area contributed by atoms with Gasteiger partial charge in [-0.15, -0.1) is 0 Å². The van der Waals surface area contributed by atoms with Crippen molar-refractivity contribution in [3.8, 4) is 5.75 Å². The van der Waals surface area contributed by atoms with Crippen molar-refractivity contribution in [2.45, 2.75) is 12.8 Å². The van der Waals surface area contributed by atoms with E-state index in [4.69, 9.17) is 4.84 Å². The van der Waals surface area contributed by atoms with Gasteiger partial charge in [-0.2, -0.15) is 0 Å². The molecule has 1 aromatic rings. The van der Waals surface area contributed by atoms with E-state index in [1.165, 1.54) is 7.11 Å². The Morgan fingerprint density at radius 2 is 2.23 bits per heavy atom. The molecule has 0 spiro atoms. The topological polar surface area (TPSA) is 41.8 Å². The van der Waals surface area contributed by atoms with Gasteiger partial charge in [0.1, 0.15) is 12.9 Å². The van der Waals surface area contributed by atoms with Crippen LogP contribution in [0.4, 0.5) is 0 Å². The molecule has 2 rings (SSSR count). The van der Waals surface area contributed by atoms with Gasteiger partial charge in [0, 0.05) is 18.4 Å². The van der Waals surface area contributed by atoms with E-state index < -0.39 is 0 Å². The average Bonchev–Trinajstić information content (AvgIpc) is 2.49. The summed E-state index contributed by atoms with van der Waals surface area (Å²) >= 11 is 0. The minimum atomic E-state index is 0.360. The van der Waals surface area contributed by atoms with E-state index in [0.717, 1.165) is 23.3 Å². The standard InChI is InChI=1S/C10H11NO2/c1-13-11-8-5-7-3-2-4-10(12)9(7)6-8/h2-4,12H,5-6H2,1H3. The molecule has 0 aromatic heterocycles. The Bertz CT molecular complexity index is 358. The first-order valence-corrected chi connectivity index (χ1v) is 4.20. The lowest BCUT2D eigenvalue weighted by Gasteiger charge is -1.98. The van der Waals surface area contributed by atoms with Gasteiger partial charge >= 0.3 is 0 Å². The molecule has 0 saturated heterocycles. The minimum Gasteiger partial charge on any atom is -0.508 e. The molecule has 0 bridgehead atoms. The molecular formula is C10H11NO2. The molecule has 1 aliphatic carbocycles. The van der Waals surface area contributed by atoms with E-state index in [9.17, 15) is 5.11 Å². The lowest BCUT2D eigenvalue weighted by atomic mass is 10.1. The molecule has 0 fully saturated rings. The molecule has 68 valence electrons. The van der Waals surface area contributed by atoms with Crippen LogP contribution in [0.1, 0.15) is 11.1 Å². The molecule has 3 nitrogen and oxygen atoms in total. The predicted octanol–water partition coefficient (Wildman–Crippen LogP) is 1.49. The van der Waals surface area contributed by atoms with Gasteiger partial charge in [0.15, 0.2) is 0 Å². The van der Waals surface area contributed by atoms with E-state index in [2.05, 4.69) is 5.16 Å². The smallest absolute Gasteiger partial charge is 0.119 e. The van der Waals surface area contributed by atoms with E-state index in [1.807, 2.05) is 12.1 Å². The van der Waals surface area contributed by atoms with Gasteiger partial charge < -0.3 is 9.94 Å². The van der Waals surface area contributed by atoms with E-state index in [0.29, 0.717) is 12.2 Å². The molecule has 1 N–H and O–H groups in total. The highest BCUT2D eigenvalue weighted by atomic mass is 16.6. The second kappa shape index (κ2) is 3.09. The number of benzene rings is 1. The summed E-state index contributed by atoms with van der Waals surface area (Å²) in [5, 5.41) is 13.4. The number of fused-ring (bicyclic) bond motifs is 1. The summed E-state index contributed by atoms with van der Waals surface area (Å²) in [6, 6.07) is 5.56. The molecule has 1 aliphatic rings. The summed E-state index contributed by atoms with van der Waals surface area (Å²) < 4.78 is 0. The van der Waals surface area contributed by atoms with Crippen LogP contribution in [-0.2, 0) is 17.7 Å². The maximum atomic E-state index is 9.52. The summed E-state index contributed by atoms with van der Waals surface area (Å²) in [5.74, 6) is 0.360. The fourth-order valence-corrected chi connectivity index (χ4v) is 1.67. The lowest BCUT2D eigenvalue weighted by molar-refractivity contribution is 0.212. The van der Waals surface area contributed by atoms with Crippen LogP contribution in [0.15, 0.2) is 23.4 Å². The predicted molar refractivity (Wildman–Crippen MR) is 50.0 cm³/mol. The van der Waals surface area contributed by atoms with Crippen LogP contribution in [0.3, 0.4) is 0 Å². The van der Waals surface area contributed by atoms with Crippen molar-refractivity contribution in [2.75, 3.05) is 7.11 Å². The fourth-order valence-electron chi connectivity index (χ4n) is 1.67. The molecule has 3 heteroatoms. The van der Waals surface area contributed by atoms with Gasteiger partial charge in [-0.05, 0) is 11.6 Å². The largest absolute Gasteiger partial charge is 0.508 e. The molecule has 0 radical (unpaired) electrons. The summed E-state index contributed by atoms with van der Waals surface area (Å²) in [4.78, 5) is 4.70. The number of hydrogen-bond donors (Lipinski definition) is 1. The third kappa shape index (κ3) is 1.37. The fraction of sp³-hybridized carbons (Fsp3) is 0.300. The Morgan fingerprint density at radius 1 is 1.38 bits per heavy atom. The highest BCUT2D eigenvalue weighted by Crippen LogP contribution is 2.28. The van der Waals surface area contributed by atoms with Crippen molar-refractivity contribution >= 4 is 5.71 Å². The number of aromatic hydroxyl groups is 1. The number of oxime groups is 1. The molecule has 13 heavy (non-hydrogen) atoms. The Labute approximate surface area is 76.6 Å². The van der Waals surface area contributed by atoms with Crippen molar-refractivity contribution < 1.29 is 9.94 Å². The second-order valence-corrected chi connectivity index (χ2v) is 3.11. The van der Waals surface area contributed by atoms with Gasteiger partial charge in [-0.25, -0.2) is 0 Å². The maximum absolute atomic E-state index is 9.52. The van der Waals surface area contributed by atoms with Crippen molar-refractivity contribution in [2.24, 2.45) is 5.16 Å². The third-order valence-electron chi connectivity index (χ3n) is 2.24. The summed E-state index contributed by atoms with van der Waals surface area (Å²) in [7, 11) is 1.54. The highest BCUT2D eigenvalue weighted by molar-refractivity contribution is 5.93. The van der Waals surface area contributed by atoms with Crippen molar-refractivity contribution in [3.05, 3.63) is 29.3 Å². The van der Waals surface area contributed by atoms with Crippen LogP contribution in [0, 0.1) is 0 Å². The summed E-state index contributed by atoms with van der Waals surface area (Å²) in [5.41, 5.74) is 3.10. The monoisotopic (exact) mass is 177 g/mol. The van der Waals surface area contributed by atoms with Crippen LogP contribution in [0.2, 0.25) is 0 Å². The highest BCUT2D eigenvalue weighted by Gasteiger charge is 2.19. The van der Waals surface area contributed by atoms with E-state index >= 15 is 0 Å². The molecule has 1 aromatic carbocycles. The first-order valence-electron chi connectivity index (χ1n) is 4.20. The van der Waals surface area contributed by atoms with Crippen LogP contribution < -0.4 is 0 Å². The molecule has 0 amide bonds. The van der Waals surface area contributed by atoms with Gasteiger partial charge in [-0.3, -0.25) is 0 Å². The number of phenols is 1. The molecular weight excluding hydrogens is 166 g/mol. The first-order chi connectivity index (χ1) is 6.31. The van der Waals surface area contributed by atoms with E-state index in [-0.39, 0.29) is 0 Å². The van der Waals surface area contributed by atoms with Crippen LogP contribution in [0.5, 0.6) is 5.75 Å². The molecule has 0 atom stereocenters. The number of phenolic OH excluding ortho intramolecular Hbond substituents is 1. The third-order valence-corrected chi connectivity index (χ3v) is 2.24. The molecule has 0 aliphatic heterocycles. The zero-order valence-electron chi connectivity index (χ0n) is 7.45. The first kappa shape index (κ1) is 8.10. The van der Waals surface area contributed by atoms with Gasteiger partial charge in [0.2, 0.25) is 0 Å². The number of hydrogen-bond acceptors (Lipinski definition) is 3. The quantitative estimate of drug-likeness (QED) is 0.660. The minimum absolute atomic E-state index is 0.360. The van der Waals surface area contributed by atoms with Gasteiger partial charge in [0.05, 0.1) is 5.71 Å². The van der Waals surface area contributed by atoms with Crippen molar-refractivity contribution in [3.63, 3.8) is 0 Å². The van der Waals surface area contributed by atoms with E-state index in [1.54, 1.807) is 6.07 Å². The van der Waals surface area contributed by atoms with Crippen LogP contribution >= 0.6 is 0 Å². The summed E-state index contributed by atoms with van der Waals surface area (Å²) in [6.45, 7) is 0. The second-order valence-electron chi connectivity index (χ2n) is 3.11. The Morgan fingerprint density at radius 3 is 2.92 bits per heavy atom. The van der Waals surface area contributed by atoms with Gasteiger partial charge in [0.25, 0.3) is 0 Å². The van der Waals surface area contributed by atoms with Gasteiger partial charge in [-0.1, -0.05) is 17.3 Å². The number of nitrogens with zero attached hydrogens (tertiary/aromatic N) is 1. The molecule has 0 unspecified atom stereocenters. The number of rotatable bonds is 1. The SMILES string of the molecule is CON=C1Cc2cccc(O)c2C1. The summed E-state index contributed by atoms with van der Waals surface area (Å²) in [6.07, 6.45) is 1.49. The zero-order valence-corrected chi connectivity index (χ0v) is 7.45.